The van der Waals surface area contributed by atoms with Crippen LogP contribution >= 0.6 is 0 Å². The normalized spacial score (nSPS) is 35.1. The van der Waals surface area contributed by atoms with Crippen molar-refractivity contribution < 1.29 is 4.79 Å². The zero-order valence-corrected chi connectivity index (χ0v) is 12.5. The summed E-state index contributed by atoms with van der Waals surface area (Å²) in [6.45, 7) is 12.7. The van der Waals surface area contributed by atoms with E-state index in [1.54, 1.807) is 0 Å². The first-order valence-electron chi connectivity index (χ1n) is 7.61. The molecule has 2 nitrogen and oxygen atoms in total. The number of Topliss-reactive ketones (excluding diaryl/α,β-unsaturated/α-hetero) is 1. The predicted molar refractivity (Wildman–Crippen MR) is 75.5 cm³/mol. The molecular weight excluding hydrogens is 222 g/mol. The van der Waals surface area contributed by atoms with Gasteiger partial charge in [-0.25, -0.2) is 0 Å². The monoisotopic (exact) mass is 251 g/mol. The Morgan fingerprint density at radius 2 is 2.00 bits per heavy atom. The average Bonchev–Trinajstić information content (AvgIpc) is 2.66. The SMILES string of the molecule is CC1CCN(CC2CC(C(C)(C)C)CCC2=O)C1. The molecule has 0 N–H and O–H groups in total. The lowest BCUT2D eigenvalue weighted by Gasteiger charge is -2.38. The summed E-state index contributed by atoms with van der Waals surface area (Å²) in [7, 11) is 0. The summed E-state index contributed by atoms with van der Waals surface area (Å²) < 4.78 is 0. The minimum Gasteiger partial charge on any atom is -0.302 e. The first kappa shape index (κ1) is 14.0. The topological polar surface area (TPSA) is 20.3 Å². The van der Waals surface area contributed by atoms with Crippen LogP contribution in [0, 0.1) is 23.2 Å². The molecule has 0 amide bonds. The van der Waals surface area contributed by atoms with Crippen LogP contribution in [-0.4, -0.2) is 30.3 Å². The molecule has 2 rings (SSSR count). The second-order valence-corrected chi connectivity index (χ2v) is 7.65. The highest BCUT2D eigenvalue weighted by molar-refractivity contribution is 5.82. The molecule has 0 spiro atoms. The molecule has 2 fully saturated rings. The highest BCUT2D eigenvalue weighted by Gasteiger charge is 2.36. The lowest BCUT2D eigenvalue weighted by molar-refractivity contribution is -0.127. The Bertz CT molecular complexity index is 305. The van der Waals surface area contributed by atoms with Crippen molar-refractivity contribution in [3.8, 4) is 0 Å². The summed E-state index contributed by atoms with van der Waals surface area (Å²) in [4.78, 5) is 14.6. The Hall–Kier alpha value is -0.370. The van der Waals surface area contributed by atoms with E-state index in [0.29, 0.717) is 17.1 Å². The molecule has 18 heavy (non-hydrogen) atoms. The van der Waals surface area contributed by atoms with Crippen molar-refractivity contribution in [1.29, 1.82) is 0 Å². The predicted octanol–water partition coefficient (Wildman–Crippen LogP) is 3.36. The standard InChI is InChI=1S/C16H29NO/c1-12-7-8-17(10-12)11-13-9-14(16(2,3)4)5-6-15(13)18/h12-14H,5-11H2,1-4H3. The van der Waals surface area contributed by atoms with E-state index in [1.807, 2.05) is 0 Å². The summed E-state index contributed by atoms with van der Waals surface area (Å²) in [5.74, 6) is 2.38. The number of hydrogen-bond donors (Lipinski definition) is 0. The van der Waals surface area contributed by atoms with Crippen LogP contribution in [0.1, 0.15) is 53.4 Å². The lowest BCUT2D eigenvalue weighted by Crippen LogP contribution is -2.38. The first-order valence-corrected chi connectivity index (χ1v) is 7.61. The molecule has 0 aromatic heterocycles. The molecule has 2 heteroatoms. The van der Waals surface area contributed by atoms with Crippen molar-refractivity contribution in [3.63, 3.8) is 0 Å². The maximum Gasteiger partial charge on any atom is 0.137 e. The number of carbonyl (C=O) groups excluding carboxylic acids is 1. The van der Waals surface area contributed by atoms with Crippen LogP contribution in [0.15, 0.2) is 0 Å². The molecule has 1 saturated carbocycles. The highest BCUT2D eigenvalue weighted by atomic mass is 16.1. The van der Waals surface area contributed by atoms with Gasteiger partial charge in [0.1, 0.15) is 5.78 Å². The molecule has 0 radical (unpaired) electrons. The zero-order chi connectivity index (χ0) is 13.3. The third-order valence-electron chi connectivity index (χ3n) is 4.97. The Morgan fingerprint density at radius 1 is 1.28 bits per heavy atom. The fourth-order valence-electron chi connectivity index (χ4n) is 3.58. The van der Waals surface area contributed by atoms with Gasteiger partial charge in [-0.2, -0.15) is 0 Å². The van der Waals surface area contributed by atoms with Crippen molar-refractivity contribution in [3.05, 3.63) is 0 Å². The molecule has 2 aliphatic rings. The minimum atomic E-state index is 0.313. The molecule has 3 atom stereocenters. The molecule has 0 bridgehead atoms. The number of likely N-dealkylation sites (tertiary alicyclic amines) is 1. The number of nitrogens with zero attached hydrogens (tertiary/aromatic N) is 1. The first-order chi connectivity index (χ1) is 8.36. The third-order valence-corrected chi connectivity index (χ3v) is 4.97. The average molecular weight is 251 g/mol. The van der Waals surface area contributed by atoms with Crippen LogP contribution in [0.5, 0.6) is 0 Å². The summed E-state index contributed by atoms with van der Waals surface area (Å²) >= 11 is 0. The number of rotatable bonds is 2. The van der Waals surface area contributed by atoms with E-state index in [0.717, 1.165) is 37.6 Å². The fraction of sp³-hybridized carbons (Fsp3) is 0.938. The molecule has 1 heterocycles. The summed E-state index contributed by atoms with van der Waals surface area (Å²) in [5, 5.41) is 0. The van der Waals surface area contributed by atoms with Crippen LogP contribution in [-0.2, 0) is 4.79 Å². The van der Waals surface area contributed by atoms with Crippen molar-refractivity contribution in [2.45, 2.75) is 53.4 Å². The number of ketones is 1. The zero-order valence-electron chi connectivity index (χ0n) is 12.5. The summed E-state index contributed by atoms with van der Waals surface area (Å²) in [6.07, 6.45) is 4.35. The van der Waals surface area contributed by atoms with Gasteiger partial charge < -0.3 is 4.90 Å². The maximum atomic E-state index is 12.1. The van der Waals surface area contributed by atoms with E-state index in [-0.39, 0.29) is 0 Å². The second kappa shape index (κ2) is 5.32. The van der Waals surface area contributed by atoms with Crippen LogP contribution < -0.4 is 0 Å². The van der Waals surface area contributed by atoms with Gasteiger partial charge in [-0.15, -0.1) is 0 Å². The van der Waals surface area contributed by atoms with Crippen LogP contribution in [0.4, 0.5) is 0 Å². The highest BCUT2D eigenvalue weighted by Crippen LogP contribution is 2.39. The van der Waals surface area contributed by atoms with Crippen molar-refractivity contribution >= 4 is 5.78 Å². The van der Waals surface area contributed by atoms with Crippen molar-refractivity contribution in [2.24, 2.45) is 23.2 Å². The van der Waals surface area contributed by atoms with E-state index in [1.165, 1.54) is 19.5 Å². The lowest BCUT2D eigenvalue weighted by atomic mass is 9.68. The molecule has 104 valence electrons. The van der Waals surface area contributed by atoms with Gasteiger partial charge in [-0.3, -0.25) is 4.79 Å². The van der Waals surface area contributed by atoms with Gasteiger partial charge in [0.05, 0.1) is 0 Å². The summed E-state index contributed by atoms with van der Waals surface area (Å²) in [6, 6.07) is 0. The third kappa shape index (κ3) is 3.34. The second-order valence-electron chi connectivity index (χ2n) is 7.65. The van der Waals surface area contributed by atoms with E-state index in [4.69, 9.17) is 0 Å². The molecule has 0 aromatic carbocycles. The van der Waals surface area contributed by atoms with Gasteiger partial charge in [-0.1, -0.05) is 27.7 Å². The van der Waals surface area contributed by atoms with E-state index in [2.05, 4.69) is 32.6 Å². The maximum absolute atomic E-state index is 12.1. The van der Waals surface area contributed by atoms with E-state index < -0.39 is 0 Å². The Balaban J connectivity index is 1.92. The van der Waals surface area contributed by atoms with E-state index in [9.17, 15) is 4.79 Å². The van der Waals surface area contributed by atoms with Gasteiger partial charge in [-0.05, 0) is 43.1 Å². The van der Waals surface area contributed by atoms with Gasteiger partial charge >= 0.3 is 0 Å². The molecule has 1 aliphatic heterocycles. The quantitative estimate of drug-likeness (QED) is 0.750. The van der Waals surface area contributed by atoms with Gasteiger partial charge in [0, 0.05) is 25.4 Å². The van der Waals surface area contributed by atoms with Gasteiger partial charge in [0.25, 0.3) is 0 Å². The number of hydrogen-bond acceptors (Lipinski definition) is 2. The molecule has 1 saturated heterocycles. The van der Waals surface area contributed by atoms with Gasteiger partial charge in [0.15, 0.2) is 0 Å². The van der Waals surface area contributed by atoms with Crippen LogP contribution in [0.3, 0.4) is 0 Å². The van der Waals surface area contributed by atoms with Crippen LogP contribution in [0.2, 0.25) is 0 Å². The van der Waals surface area contributed by atoms with Crippen LogP contribution in [0.25, 0.3) is 0 Å². The number of carbonyl (C=O) groups is 1. The van der Waals surface area contributed by atoms with Crippen molar-refractivity contribution in [1.82, 2.24) is 4.90 Å². The van der Waals surface area contributed by atoms with E-state index >= 15 is 0 Å². The molecular formula is C16H29NO. The molecule has 3 unspecified atom stereocenters. The summed E-state index contributed by atoms with van der Waals surface area (Å²) in [5.41, 5.74) is 0.358. The minimum absolute atomic E-state index is 0.313. The molecule has 0 aromatic rings. The molecule has 1 aliphatic carbocycles. The van der Waals surface area contributed by atoms with Gasteiger partial charge in [0.2, 0.25) is 0 Å². The Labute approximate surface area is 112 Å². The Morgan fingerprint density at radius 3 is 2.56 bits per heavy atom. The fourth-order valence-corrected chi connectivity index (χ4v) is 3.58. The Kier molecular flexibility index (Phi) is 4.15. The smallest absolute Gasteiger partial charge is 0.137 e. The van der Waals surface area contributed by atoms with Crippen molar-refractivity contribution in [2.75, 3.05) is 19.6 Å². The largest absolute Gasteiger partial charge is 0.302 e.